The van der Waals surface area contributed by atoms with Gasteiger partial charge < -0.3 is 10.6 Å². The van der Waals surface area contributed by atoms with Crippen molar-refractivity contribution in [1.82, 2.24) is 15.0 Å². The minimum atomic E-state index is -4.57. The van der Waals surface area contributed by atoms with E-state index in [2.05, 4.69) is 25.6 Å². The predicted octanol–water partition coefficient (Wildman–Crippen LogP) is 2.96. The Kier molecular flexibility index (Phi) is 4.61. The molecule has 2 aromatic rings. The van der Waals surface area contributed by atoms with Crippen LogP contribution in [0.3, 0.4) is 0 Å². The average molecular weight is 317 g/mol. The monoisotopic (exact) mass is 317 g/mol. The average Bonchev–Trinajstić information content (AvgIpc) is 2.83. The van der Waals surface area contributed by atoms with Gasteiger partial charge in [-0.25, -0.2) is 15.0 Å². The number of hydrogen-bond donors (Lipinski definition) is 2. The molecule has 0 unspecified atom stereocenters. The first-order valence-corrected chi connectivity index (χ1v) is 7.05. The first kappa shape index (κ1) is 15.5. The lowest BCUT2D eigenvalue weighted by Crippen LogP contribution is -2.15. The van der Waals surface area contributed by atoms with Gasteiger partial charge in [-0.2, -0.15) is 13.2 Å². The minimum Gasteiger partial charge on any atom is -0.373 e. The lowest BCUT2D eigenvalue weighted by Gasteiger charge is -2.11. The lowest BCUT2D eigenvalue weighted by molar-refractivity contribution is -0.144. The Hall–Kier alpha value is -1.90. The van der Waals surface area contributed by atoms with Crippen molar-refractivity contribution < 1.29 is 13.2 Å². The van der Waals surface area contributed by atoms with Crippen LogP contribution in [0.1, 0.15) is 16.5 Å². The van der Waals surface area contributed by atoms with E-state index in [1.807, 2.05) is 12.3 Å². The SMILES string of the molecule is CNc1cc(NCCc2nc(C)cs2)nc(C(F)(F)F)n1. The maximum absolute atomic E-state index is 12.7. The molecule has 2 rings (SSSR count). The Labute approximate surface area is 123 Å². The fourth-order valence-electron chi connectivity index (χ4n) is 1.61. The molecular weight excluding hydrogens is 303 g/mol. The van der Waals surface area contributed by atoms with Gasteiger partial charge in [-0.15, -0.1) is 11.3 Å². The number of rotatable bonds is 5. The molecule has 2 heterocycles. The standard InChI is InChI=1S/C12H14F3N5S/c1-7-6-21-10(18-7)3-4-17-9-5-8(16-2)19-11(20-9)12(13,14)15/h5-6H,3-4H2,1-2H3,(H2,16,17,19,20). The summed E-state index contributed by atoms with van der Waals surface area (Å²) >= 11 is 1.52. The van der Waals surface area contributed by atoms with Crippen molar-refractivity contribution in [3.63, 3.8) is 0 Å². The van der Waals surface area contributed by atoms with Crippen LogP contribution in [0.15, 0.2) is 11.4 Å². The molecule has 0 aliphatic heterocycles. The number of thiazole rings is 1. The molecule has 0 saturated heterocycles. The molecule has 0 saturated carbocycles. The van der Waals surface area contributed by atoms with E-state index in [0.29, 0.717) is 13.0 Å². The van der Waals surface area contributed by atoms with Crippen LogP contribution in [-0.2, 0) is 12.6 Å². The van der Waals surface area contributed by atoms with E-state index in [4.69, 9.17) is 0 Å². The summed E-state index contributed by atoms with van der Waals surface area (Å²) in [7, 11) is 1.50. The molecule has 0 spiro atoms. The highest BCUT2D eigenvalue weighted by molar-refractivity contribution is 7.09. The van der Waals surface area contributed by atoms with Gasteiger partial charge in [0.05, 0.1) is 5.01 Å². The van der Waals surface area contributed by atoms with Crippen molar-refractivity contribution in [2.45, 2.75) is 19.5 Å². The van der Waals surface area contributed by atoms with Gasteiger partial charge in [0.15, 0.2) is 0 Å². The number of halogens is 3. The van der Waals surface area contributed by atoms with Gasteiger partial charge in [-0.05, 0) is 6.92 Å². The van der Waals surface area contributed by atoms with Gasteiger partial charge in [0.1, 0.15) is 11.6 Å². The van der Waals surface area contributed by atoms with Gasteiger partial charge in [-0.1, -0.05) is 0 Å². The first-order valence-electron chi connectivity index (χ1n) is 6.17. The zero-order valence-electron chi connectivity index (χ0n) is 11.5. The van der Waals surface area contributed by atoms with E-state index in [0.717, 1.165) is 10.7 Å². The van der Waals surface area contributed by atoms with Crippen molar-refractivity contribution in [1.29, 1.82) is 0 Å². The van der Waals surface area contributed by atoms with E-state index >= 15 is 0 Å². The van der Waals surface area contributed by atoms with E-state index in [-0.39, 0.29) is 11.6 Å². The Morgan fingerprint density at radius 2 is 1.90 bits per heavy atom. The van der Waals surface area contributed by atoms with Gasteiger partial charge in [0.2, 0.25) is 5.82 Å². The first-order chi connectivity index (χ1) is 9.88. The van der Waals surface area contributed by atoms with Crippen LogP contribution in [0.4, 0.5) is 24.8 Å². The highest BCUT2D eigenvalue weighted by atomic mass is 32.1. The van der Waals surface area contributed by atoms with Gasteiger partial charge in [-0.3, -0.25) is 0 Å². The number of aromatic nitrogens is 3. The summed E-state index contributed by atoms with van der Waals surface area (Å²) in [5.74, 6) is -0.915. The minimum absolute atomic E-state index is 0.116. The zero-order chi connectivity index (χ0) is 15.5. The normalized spacial score (nSPS) is 11.5. The summed E-state index contributed by atoms with van der Waals surface area (Å²) in [4.78, 5) is 11.2. The van der Waals surface area contributed by atoms with Crippen LogP contribution in [0, 0.1) is 6.92 Å². The number of nitrogens with zero attached hydrogens (tertiary/aromatic N) is 3. The molecule has 9 heteroatoms. The summed E-state index contributed by atoms with van der Waals surface area (Å²) in [6.07, 6.45) is -3.95. The van der Waals surface area contributed by atoms with Gasteiger partial charge >= 0.3 is 6.18 Å². The van der Waals surface area contributed by atoms with Crippen molar-refractivity contribution in [2.24, 2.45) is 0 Å². The third kappa shape index (κ3) is 4.28. The zero-order valence-corrected chi connectivity index (χ0v) is 12.3. The van der Waals surface area contributed by atoms with Crippen molar-refractivity contribution in [2.75, 3.05) is 24.2 Å². The second kappa shape index (κ2) is 6.25. The molecule has 0 aromatic carbocycles. The number of nitrogens with one attached hydrogen (secondary N) is 2. The maximum atomic E-state index is 12.7. The predicted molar refractivity (Wildman–Crippen MR) is 75.6 cm³/mol. The van der Waals surface area contributed by atoms with Crippen LogP contribution >= 0.6 is 11.3 Å². The van der Waals surface area contributed by atoms with E-state index in [1.54, 1.807) is 0 Å². The number of alkyl halides is 3. The smallest absolute Gasteiger partial charge is 0.373 e. The molecular formula is C12H14F3N5S. The third-order valence-electron chi connectivity index (χ3n) is 2.55. The van der Waals surface area contributed by atoms with Crippen LogP contribution < -0.4 is 10.6 Å². The summed E-state index contributed by atoms with van der Waals surface area (Å²) in [6, 6.07) is 1.43. The van der Waals surface area contributed by atoms with Crippen LogP contribution in [0.5, 0.6) is 0 Å². The van der Waals surface area contributed by atoms with E-state index < -0.39 is 12.0 Å². The molecule has 0 fully saturated rings. The van der Waals surface area contributed by atoms with Gasteiger partial charge in [0, 0.05) is 37.2 Å². The molecule has 0 aliphatic carbocycles. The molecule has 0 amide bonds. The summed E-state index contributed by atoms with van der Waals surface area (Å²) in [5, 5.41) is 8.32. The quantitative estimate of drug-likeness (QED) is 0.888. The fourth-order valence-corrected chi connectivity index (χ4v) is 2.38. The third-order valence-corrected chi connectivity index (χ3v) is 3.57. The summed E-state index contributed by atoms with van der Waals surface area (Å²) in [6.45, 7) is 2.34. The molecule has 5 nitrogen and oxygen atoms in total. The highest BCUT2D eigenvalue weighted by Gasteiger charge is 2.35. The van der Waals surface area contributed by atoms with Crippen molar-refractivity contribution >= 4 is 23.0 Å². The Morgan fingerprint density at radius 1 is 1.19 bits per heavy atom. The molecule has 2 N–H and O–H groups in total. The van der Waals surface area contributed by atoms with Gasteiger partial charge in [0.25, 0.3) is 0 Å². The Morgan fingerprint density at radius 3 is 2.48 bits per heavy atom. The maximum Gasteiger partial charge on any atom is 0.451 e. The lowest BCUT2D eigenvalue weighted by atomic mass is 10.4. The molecule has 21 heavy (non-hydrogen) atoms. The molecule has 2 aromatic heterocycles. The van der Waals surface area contributed by atoms with Crippen molar-refractivity contribution in [3.05, 3.63) is 28.0 Å². The second-order valence-electron chi connectivity index (χ2n) is 4.27. The Bertz CT molecular complexity index is 611. The van der Waals surface area contributed by atoms with Crippen LogP contribution in [0.25, 0.3) is 0 Å². The fraction of sp³-hybridized carbons (Fsp3) is 0.417. The molecule has 0 bridgehead atoms. The van der Waals surface area contributed by atoms with E-state index in [1.165, 1.54) is 24.5 Å². The second-order valence-corrected chi connectivity index (χ2v) is 5.21. The van der Waals surface area contributed by atoms with E-state index in [9.17, 15) is 13.2 Å². The van der Waals surface area contributed by atoms with Crippen LogP contribution in [-0.4, -0.2) is 28.5 Å². The summed E-state index contributed by atoms with van der Waals surface area (Å²) < 4.78 is 38.1. The topological polar surface area (TPSA) is 62.7 Å². The van der Waals surface area contributed by atoms with Crippen molar-refractivity contribution in [3.8, 4) is 0 Å². The molecule has 0 aliphatic rings. The molecule has 114 valence electrons. The largest absolute Gasteiger partial charge is 0.451 e. The molecule has 0 atom stereocenters. The number of hydrogen-bond acceptors (Lipinski definition) is 6. The number of anilines is 2. The Balaban J connectivity index is 2.05. The number of aryl methyl sites for hydroxylation is 1. The molecule has 0 radical (unpaired) electrons. The summed E-state index contributed by atoms with van der Waals surface area (Å²) in [5.41, 5.74) is 0.939. The van der Waals surface area contributed by atoms with Crippen LogP contribution in [0.2, 0.25) is 0 Å². The highest BCUT2D eigenvalue weighted by Crippen LogP contribution is 2.28.